The number of nitrogens with one attached hydrogen (secondary N) is 1. The molecule has 0 spiro atoms. The first-order valence-electron chi connectivity index (χ1n) is 8.51. The van der Waals surface area contributed by atoms with Gasteiger partial charge in [-0.3, -0.25) is 15.5 Å². The molecule has 0 bridgehead atoms. The second kappa shape index (κ2) is 8.23. The molecule has 0 aliphatic heterocycles. The molecule has 0 aliphatic carbocycles. The predicted octanol–water partition coefficient (Wildman–Crippen LogP) is 5.63. The molecule has 0 radical (unpaired) electrons. The summed E-state index contributed by atoms with van der Waals surface area (Å²) in [5.41, 5.74) is 6.72. The van der Waals surface area contributed by atoms with E-state index < -0.39 is 4.92 Å². The van der Waals surface area contributed by atoms with Crippen molar-refractivity contribution < 1.29 is 9.31 Å². The second-order valence-corrected chi connectivity index (χ2v) is 5.89. The van der Waals surface area contributed by atoms with Crippen LogP contribution >= 0.6 is 0 Å². The number of nitrogens with zero attached hydrogens (tertiary/aromatic N) is 2. The van der Waals surface area contributed by atoms with Crippen molar-refractivity contribution in [2.75, 3.05) is 5.43 Å². The Labute approximate surface area is 156 Å². The zero-order valence-electron chi connectivity index (χ0n) is 14.7. The van der Waals surface area contributed by atoms with E-state index in [2.05, 4.69) is 10.5 Å². The van der Waals surface area contributed by atoms with Gasteiger partial charge in [0.2, 0.25) is 0 Å². The van der Waals surface area contributed by atoms with Crippen molar-refractivity contribution in [1.82, 2.24) is 0 Å². The molecule has 0 saturated carbocycles. The highest BCUT2D eigenvalue weighted by atomic mass is 19.1. The zero-order valence-corrected chi connectivity index (χ0v) is 14.7. The maximum atomic E-state index is 13.9. The van der Waals surface area contributed by atoms with E-state index in [1.807, 2.05) is 31.2 Å². The van der Waals surface area contributed by atoms with E-state index in [0.717, 1.165) is 16.8 Å². The highest BCUT2D eigenvalue weighted by Crippen LogP contribution is 2.23. The fourth-order valence-corrected chi connectivity index (χ4v) is 2.67. The molecule has 0 heterocycles. The number of non-ortho nitro benzene ring substituents is 1. The molecule has 27 heavy (non-hydrogen) atoms. The van der Waals surface area contributed by atoms with Gasteiger partial charge in [0.25, 0.3) is 5.69 Å². The molecule has 0 atom stereocenters. The van der Waals surface area contributed by atoms with Crippen LogP contribution in [-0.4, -0.2) is 10.6 Å². The molecule has 3 aromatic rings. The molecule has 6 heteroatoms. The average Bonchev–Trinajstić information content (AvgIpc) is 2.70. The van der Waals surface area contributed by atoms with Gasteiger partial charge < -0.3 is 0 Å². The summed E-state index contributed by atoms with van der Waals surface area (Å²) in [5, 5.41) is 15.1. The third-order valence-electron chi connectivity index (χ3n) is 4.14. The van der Waals surface area contributed by atoms with Crippen molar-refractivity contribution in [3.8, 4) is 11.1 Å². The van der Waals surface area contributed by atoms with Gasteiger partial charge in [0, 0.05) is 17.7 Å². The monoisotopic (exact) mass is 363 g/mol. The minimum Gasteiger partial charge on any atom is -0.278 e. The van der Waals surface area contributed by atoms with E-state index in [-0.39, 0.29) is 11.5 Å². The number of hydrogen-bond acceptors (Lipinski definition) is 4. The third kappa shape index (κ3) is 4.36. The molecular formula is C21H18FN3O2. The van der Waals surface area contributed by atoms with E-state index >= 15 is 0 Å². The molecule has 0 fully saturated rings. The molecule has 0 unspecified atom stereocenters. The number of rotatable bonds is 6. The lowest BCUT2D eigenvalue weighted by atomic mass is 10.0. The lowest BCUT2D eigenvalue weighted by Gasteiger charge is -2.08. The van der Waals surface area contributed by atoms with Crippen LogP contribution in [0, 0.1) is 15.9 Å². The number of hydrogen-bond donors (Lipinski definition) is 1. The van der Waals surface area contributed by atoms with Crippen LogP contribution in [0.2, 0.25) is 0 Å². The van der Waals surface area contributed by atoms with Crippen LogP contribution in [0.5, 0.6) is 0 Å². The zero-order chi connectivity index (χ0) is 19.2. The summed E-state index contributed by atoms with van der Waals surface area (Å²) in [6.07, 6.45) is 0.693. The number of nitro benzene ring substituents is 1. The van der Waals surface area contributed by atoms with Crippen molar-refractivity contribution in [3.05, 3.63) is 94.3 Å². The van der Waals surface area contributed by atoms with E-state index in [1.165, 1.54) is 18.2 Å². The van der Waals surface area contributed by atoms with Gasteiger partial charge in [-0.25, -0.2) is 4.39 Å². The smallest absolute Gasteiger partial charge is 0.269 e. The Bertz CT molecular complexity index is 967. The molecule has 5 nitrogen and oxygen atoms in total. The third-order valence-corrected chi connectivity index (χ3v) is 4.14. The standard InChI is InChI=1S/C21H18FN3O2/c1-2-21(24-23-17-11-13-18(14-12-17)25(26)27)16-9-7-15(8-10-16)19-5-3-4-6-20(19)22/h3-14,23H,2H2,1H3. The average molecular weight is 363 g/mol. The van der Waals surface area contributed by atoms with Gasteiger partial charge >= 0.3 is 0 Å². The Morgan fingerprint density at radius 1 is 1.04 bits per heavy atom. The summed E-state index contributed by atoms with van der Waals surface area (Å²) < 4.78 is 13.9. The number of halogens is 1. The molecule has 3 aromatic carbocycles. The van der Waals surface area contributed by atoms with E-state index in [1.54, 1.807) is 30.3 Å². The van der Waals surface area contributed by atoms with Crippen molar-refractivity contribution in [2.45, 2.75) is 13.3 Å². The minimum atomic E-state index is -0.443. The molecule has 0 aromatic heterocycles. The van der Waals surface area contributed by atoms with E-state index in [0.29, 0.717) is 17.7 Å². The summed E-state index contributed by atoms with van der Waals surface area (Å²) in [4.78, 5) is 10.3. The fourth-order valence-electron chi connectivity index (χ4n) is 2.67. The maximum absolute atomic E-state index is 13.9. The first kappa shape index (κ1) is 18.3. The molecule has 136 valence electrons. The second-order valence-electron chi connectivity index (χ2n) is 5.89. The summed E-state index contributed by atoms with van der Waals surface area (Å²) in [6, 6.07) is 20.3. The van der Waals surface area contributed by atoms with E-state index in [9.17, 15) is 14.5 Å². The highest BCUT2D eigenvalue weighted by molar-refractivity contribution is 6.01. The normalized spacial score (nSPS) is 11.3. The summed E-state index contributed by atoms with van der Waals surface area (Å²) in [5.74, 6) is -0.255. The predicted molar refractivity (Wildman–Crippen MR) is 105 cm³/mol. The Balaban J connectivity index is 1.78. The number of anilines is 1. The van der Waals surface area contributed by atoms with Crippen LogP contribution < -0.4 is 5.43 Å². The Hall–Kier alpha value is -3.54. The van der Waals surface area contributed by atoms with Crippen molar-refractivity contribution >= 4 is 17.1 Å². The number of benzene rings is 3. The van der Waals surface area contributed by atoms with Gasteiger partial charge in [0.15, 0.2) is 0 Å². The first-order chi connectivity index (χ1) is 13.1. The Kier molecular flexibility index (Phi) is 5.56. The molecule has 1 N–H and O–H groups in total. The summed E-state index contributed by atoms with van der Waals surface area (Å²) in [7, 11) is 0. The first-order valence-corrected chi connectivity index (χ1v) is 8.51. The van der Waals surface area contributed by atoms with Crippen LogP contribution in [0.25, 0.3) is 11.1 Å². The molecule has 0 amide bonds. The van der Waals surface area contributed by atoms with Crippen molar-refractivity contribution in [3.63, 3.8) is 0 Å². The van der Waals surface area contributed by atoms with Gasteiger partial charge in [0.05, 0.1) is 16.3 Å². The quantitative estimate of drug-likeness (QED) is 0.351. The van der Waals surface area contributed by atoms with Gasteiger partial charge in [0.1, 0.15) is 5.82 Å². The minimum absolute atomic E-state index is 0.0315. The van der Waals surface area contributed by atoms with Crippen LogP contribution in [0.3, 0.4) is 0 Å². The van der Waals surface area contributed by atoms with Gasteiger partial charge in [-0.05, 0) is 35.7 Å². The van der Waals surface area contributed by atoms with Crippen molar-refractivity contribution in [1.29, 1.82) is 0 Å². The van der Waals surface area contributed by atoms with Crippen LogP contribution in [0.1, 0.15) is 18.9 Å². The Morgan fingerprint density at radius 2 is 1.70 bits per heavy atom. The topological polar surface area (TPSA) is 67.5 Å². The maximum Gasteiger partial charge on any atom is 0.269 e. The Morgan fingerprint density at radius 3 is 2.30 bits per heavy atom. The summed E-state index contributed by atoms with van der Waals surface area (Å²) >= 11 is 0. The van der Waals surface area contributed by atoms with Crippen LogP contribution in [0.15, 0.2) is 77.9 Å². The lowest BCUT2D eigenvalue weighted by Crippen LogP contribution is -2.03. The van der Waals surface area contributed by atoms with E-state index in [4.69, 9.17) is 0 Å². The number of nitro groups is 1. The summed E-state index contributed by atoms with van der Waals surface area (Å²) in [6.45, 7) is 1.99. The van der Waals surface area contributed by atoms with Gasteiger partial charge in [-0.2, -0.15) is 5.10 Å². The lowest BCUT2D eigenvalue weighted by molar-refractivity contribution is -0.384. The van der Waals surface area contributed by atoms with Crippen LogP contribution in [0.4, 0.5) is 15.8 Å². The SMILES string of the molecule is CCC(=NNc1ccc([N+](=O)[O-])cc1)c1ccc(-c2ccccc2F)cc1. The molecule has 0 aliphatic rings. The fraction of sp³-hybridized carbons (Fsp3) is 0.0952. The van der Waals surface area contributed by atoms with Gasteiger partial charge in [-0.15, -0.1) is 0 Å². The largest absolute Gasteiger partial charge is 0.278 e. The highest BCUT2D eigenvalue weighted by Gasteiger charge is 2.07. The van der Waals surface area contributed by atoms with Gasteiger partial charge in [-0.1, -0.05) is 49.4 Å². The molecule has 0 saturated heterocycles. The van der Waals surface area contributed by atoms with Crippen LogP contribution in [-0.2, 0) is 0 Å². The molecular weight excluding hydrogens is 345 g/mol. The molecule has 3 rings (SSSR count). The van der Waals surface area contributed by atoms with Crippen molar-refractivity contribution in [2.24, 2.45) is 5.10 Å². The number of hydrazone groups is 1.